The van der Waals surface area contributed by atoms with Gasteiger partial charge in [-0.1, -0.05) is 0 Å². The summed E-state index contributed by atoms with van der Waals surface area (Å²) in [6.07, 6.45) is 2.80. The Kier molecular flexibility index (Phi) is 4.29. The van der Waals surface area contributed by atoms with Crippen molar-refractivity contribution in [2.45, 2.75) is 11.1 Å². The fourth-order valence-corrected chi connectivity index (χ4v) is 2.54. The minimum atomic E-state index is 0.184. The zero-order valence-corrected chi connectivity index (χ0v) is 10.2. The van der Waals surface area contributed by atoms with Crippen LogP contribution in [0.25, 0.3) is 0 Å². The largest absolute Gasteiger partial charge is 0.383 e. The number of thioether (sulfide) groups is 1. The highest BCUT2D eigenvalue weighted by Crippen LogP contribution is 2.23. The second kappa shape index (κ2) is 5.95. The third kappa shape index (κ3) is 3.15. The van der Waals surface area contributed by atoms with Gasteiger partial charge in [0.25, 0.3) is 0 Å². The molecule has 4 N–H and O–H groups in total. The van der Waals surface area contributed by atoms with Gasteiger partial charge in [-0.2, -0.15) is 0 Å². The number of nitrogens with zero attached hydrogens (tertiary/aromatic N) is 2. The normalized spacial score (nSPS) is 20.1. The molecule has 7 heteroatoms. The van der Waals surface area contributed by atoms with E-state index >= 15 is 0 Å². The van der Waals surface area contributed by atoms with E-state index in [9.17, 15) is 0 Å². The number of anilines is 1. The fraction of sp³-hybridized carbons (Fsp3) is 0.500. The van der Waals surface area contributed by atoms with Crippen molar-refractivity contribution < 1.29 is 4.74 Å². The number of nitrogens with one attached hydrogen (secondary N) is 2. The lowest BCUT2D eigenvalue weighted by Crippen LogP contribution is -2.39. The van der Waals surface area contributed by atoms with E-state index in [0.29, 0.717) is 11.4 Å². The number of rotatable bonds is 4. The lowest BCUT2D eigenvalue weighted by molar-refractivity contribution is 0.0440. The Morgan fingerprint density at radius 2 is 2.53 bits per heavy atom. The maximum absolute atomic E-state index is 7.31. The summed E-state index contributed by atoms with van der Waals surface area (Å²) < 4.78 is 5.59. The predicted octanol–water partition coefficient (Wildman–Crippen LogP) is 0.137. The Bertz CT molecular complexity index is 394. The van der Waals surface area contributed by atoms with Crippen LogP contribution in [0.15, 0.2) is 11.4 Å². The van der Waals surface area contributed by atoms with Gasteiger partial charge in [0, 0.05) is 25.1 Å². The molecule has 0 spiro atoms. The molecule has 1 saturated heterocycles. The van der Waals surface area contributed by atoms with Crippen LogP contribution in [-0.2, 0) is 4.74 Å². The Labute approximate surface area is 104 Å². The van der Waals surface area contributed by atoms with Gasteiger partial charge in [-0.3, -0.25) is 0 Å². The van der Waals surface area contributed by atoms with Crippen molar-refractivity contribution in [2.24, 2.45) is 0 Å². The van der Waals surface area contributed by atoms with Gasteiger partial charge in [0.15, 0.2) is 0 Å². The molecule has 0 unspecified atom stereocenters. The molecule has 0 aromatic carbocycles. The quantitative estimate of drug-likeness (QED) is 0.401. The molecular weight excluding hydrogens is 238 g/mol. The molecule has 1 aromatic heterocycles. The number of hydrogen-bond acceptors (Lipinski definition) is 7. The van der Waals surface area contributed by atoms with Crippen LogP contribution in [0.4, 0.5) is 5.82 Å². The van der Waals surface area contributed by atoms with E-state index in [1.54, 1.807) is 11.8 Å². The van der Waals surface area contributed by atoms with Gasteiger partial charge in [-0.05, 0) is 0 Å². The van der Waals surface area contributed by atoms with E-state index in [1.807, 2.05) is 0 Å². The first-order valence-corrected chi connectivity index (χ1v) is 6.36. The molecule has 2 heterocycles. The lowest BCUT2D eigenvalue weighted by Gasteiger charge is -2.23. The standard InChI is InChI=1S/C10H15N5OS/c11-3-8-9(12)14-6-15-10(8)17-5-7-4-13-1-2-16-7/h3,6-7,11,13H,1-2,4-5H2,(H2,12,14,15)/t7-/m0/s1. The van der Waals surface area contributed by atoms with E-state index in [-0.39, 0.29) is 6.10 Å². The summed E-state index contributed by atoms with van der Waals surface area (Å²) in [6.45, 7) is 2.51. The number of aromatic nitrogens is 2. The van der Waals surface area contributed by atoms with Crippen molar-refractivity contribution in [1.29, 1.82) is 5.41 Å². The molecule has 0 amide bonds. The summed E-state index contributed by atoms with van der Waals surface area (Å²) in [5.41, 5.74) is 6.27. The average molecular weight is 253 g/mol. The van der Waals surface area contributed by atoms with Crippen LogP contribution in [0.5, 0.6) is 0 Å². The summed E-state index contributed by atoms with van der Waals surface area (Å²) in [7, 11) is 0. The van der Waals surface area contributed by atoms with Gasteiger partial charge in [0.1, 0.15) is 17.2 Å². The van der Waals surface area contributed by atoms with Gasteiger partial charge in [-0.15, -0.1) is 11.8 Å². The zero-order valence-electron chi connectivity index (χ0n) is 9.35. The molecule has 0 radical (unpaired) electrons. The first-order valence-electron chi connectivity index (χ1n) is 5.37. The fourth-order valence-electron chi connectivity index (χ4n) is 1.54. The molecule has 1 aromatic rings. The molecule has 0 bridgehead atoms. The van der Waals surface area contributed by atoms with E-state index in [1.165, 1.54) is 12.5 Å². The van der Waals surface area contributed by atoms with Crippen LogP contribution >= 0.6 is 11.8 Å². The number of nitrogen functional groups attached to an aromatic ring is 1. The van der Waals surface area contributed by atoms with Crippen LogP contribution in [0.3, 0.4) is 0 Å². The Hall–Kier alpha value is -1.18. The minimum absolute atomic E-state index is 0.184. The smallest absolute Gasteiger partial charge is 0.136 e. The van der Waals surface area contributed by atoms with Crippen molar-refractivity contribution >= 4 is 23.8 Å². The highest BCUT2D eigenvalue weighted by Gasteiger charge is 2.15. The molecule has 1 fully saturated rings. The first-order chi connectivity index (χ1) is 8.31. The van der Waals surface area contributed by atoms with Crippen molar-refractivity contribution in [3.63, 3.8) is 0 Å². The van der Waals surface area contributed by atoms with Crippen LogP contribution in [0.1, 0.15) is 5.56 Å². The summed E-state index contributed by atoms with van der Waals surface area (Å²) in [5, 5.41) is 11.3. The zero-order chi connectivity index (χ0) is 12.1. The maximum Gasteiger partial charge on any atom is 0.136 e. The highest BCUT2D eigenvalue weighted by molar-refractivity contribution is 7.99. The third-order valence-corrected chi connectivity index (χ3v) is 3.57. The average Bonchev–Trinajstić information content (AvgIpc) is 2.37. The monoisotopic (exact) mass is 253 g/mol. The van der Waals surface area contributed by atoms with Crippen LogP contribution < -0.4 is 11.1 Å². The van der Waals surface area contributed by atoms with Gasteiger partial charge >= 0.3 is 0 Å². The molecule has 1 aliphatic heterocycles. The molecule has 1 atom stereocenters. The van der Waals surface area contributed by atoms with Crippen LogP contribution in [-0.4, -0.2) is 47.7 Å². The third-order valence-electron chi connectivity index (χ3n) is 2.43. The molecule has 2 rings (SSSR count). The summed E-state index contributed by atoms with van der Waals surface area (Å²) in [6, 6.07) is 0. The molecule has 0 aliphatic carbocycles. The lowest BCUT2D eigenvalue weighted by atomic mass is 10.3. The molecule has 1 aliphatic rings. The Morgan fingerprint density at radius 1 is 1.65 bits per heavy atom. The van der Waals surface area contributed by atoms with Crippen molar-refractivity contribution in [3.8, 4) is 0 Å². The molecule has 92 valence electrons. The number of ether oxygens (including phenoxy) is 1. The van der Waals surface area contributed by atoms with E-state index in [4.69, 9.17) is 15.9 Å². The van der Waals surface area contributed by atoms with E-state index < -0.39 is 0 Å². The second-order valence-electron chi connectivity index (χ2n) is 3.63. The van der Waals surface area contributed by atoms with E-state index in [2.05, 4.69) is 15.3 Å². The topological polar surface area (TPSA) is 96.9 Å². The summed E-state index contributed by atoms with van der Waals surface area (Å²) in [5.74, 6) is 1.14. The van der Waals surface area contributed by atoms with Crippen LogP contribution in [0.2, 0.25) is 0 Å². The molecule has 17 heavy (non-hydrogen) atoms. The highest BCUT2D eigenvalue weighted by atomic mass is 32.2. The molecular formula is C10H15N5OS. The van der Waals surface area contributed by atoms with E-state index in [0.717, 1.165) is 30.5 Å². The molecule has 6 nitrogen and oxygen atoms in total. The van der Waals surface area contributed by atoms with Crippen molar-refractivity contribution in [3.05, 3.63) is 11.9 Å². The van der Waals surface area contributed by atoms with Gasteiger partial charge < -0.3 is 21.2 Å². The maximum atomic E-state index is 7.31. The second-order valence-corrected chi connectivity index (χ2v) is 4.64. The Balaban J connectivity index is 1.98. The Morgan fingerprint density at radius 3 is 3.24 bits per heavy atom. The van der Waals surface area contributed by atoms with Crippen molar-refractivity contribution in [1.82, 2.24) is 15.3 Å². The van der Waals surface area contributed by atoms with Gasteiger partial charge in [0.05, 0.1) is 18.3 Å². The number of hydrogen-bond donors (Lipinski definition) is 3. The SMILES string of the molecule is N=Cc1c(N)ncnc1SC[C@@H]1CNCCO1. The first kappa shape index (κ1) is 12.3. The van der Waals surface area contributed by atoms with Crippen molar-refractivity contribution in [2.75, 3.05) is 31.2 Å². The predicted molar refractivity (Wildman–Crippen MR) is 67.7 cm³/mol. The van der Waals surface area contributed by atoms with Gasteiger partial charge in [-0.25, -0.2) is 9.97 Å². The van der Waals surface area contributed by atoms with Crippen LogP contribution in [0, 0.1) is 5.41 Å². The number of morpholine rings is 1. The number of nitrogens with two attached hydrogens (primary N) is 1. The minimum Gasteiger partial charge on any atom is -0.383 e. The summed E-state index contributed by atoms with van der Waals surface area (Å²) >= 11 is 1.54. The summed E-state index contributed by atoms with van der Waals surface area (Å²) in [4.78, 5) is 8.00. The molecule has 0 saturated carbocycles. The van der Waals surface area contributed by atoms with Gasteiger partial charge in [0.2, 0.25) is 0 Å².